The van der Waals surface area contributed by atoms with E-state index < -0.39 is 11.8 Å². The molecule has 142 valence electrons. The lowest BCUT2D eigenvalue weighted by Crippen LogP contribution is -2.03. The number of carboxylic acid groups (broad SMARTS) is 1. The molecule has 4 aromatic rings. The molecule has 0 saturated heterocycles. The van der Waals surface area contributed by atoms with Gasteiger partial charge in [0.1, 0.15) is 5.69 Å². The van der Waals surface area contributed by atoms with Crippen LogP contribution in [0.1, 0.15) is 28.7 Å². The largest absolute Gasteiger partial charge is 0.491 e. The number of aromatic amines is 1. The van der Waals surface area contributed by atoms with Crippen LogP contribution in [-0.2, 0) is 6.42 Å². The van der Waals surface area contributed by atoms with Crippen LogP contribution in [0.25, 0.3) is 22.2 Å². The zero-order valence-electron chi connectivity index (χ0n) is 15.0. The van der Waals surface area contributed by atoms with Crippen molar-refractivity contribution >= 4 is 28.2 Å². The highest BCUT2D eigenvalue weighted by Gasteiger charge is 2.18. The van der Waals surface area contributed by atoms with Gasteiger partial charge in [0.05, 0.1) is 17.8 Å². The number of benzene rings is 1. The molecule has 0 aliphatic heterocycles. The third kappa shape index (κ3) is 3.36. The van der Waals surface area contributed by atoms with Crippen LogP contribution in [0.15, 0.2) is 47.2 Å². The van der Waals surface area contributed by atoms with Crippen LogP contribution in [-0.4, -0.2) is 27.7 Å². The molecule has 3 aromatic heterocycles. The maximum Gasteiger partial charge on any atom is 0.354 e. The average Bonchev–Trinajstić information content (AvgIpc) is 3.31. The molecule has 0 spiro atoms. The van der Waals surface area contributed by atoms with Crippen LogP contribution < -0.4 is 4.74 Å². The Bertz CT molecular complexity index is 1150. The second kappa shape index (κ2) is 7.44. The molecule has 4 rings (SSSR count). The maximum absolute atomic E-state index is 14.5. The van der Waals surface area contributed by atoms with E-state index in [1.54, 1.807) is 29.5 Å². The van der Waals surface area contributed by atoms with Crippen LogP contribution >= 0.6 is 11.3 Å². The van der Waals surface area contributed by atoms with E-state index in [1.807, 2.05) is 23.8 Å². The van der Waals surface area contributed by atoms with Gasteiger partial charge in [0.15, 0.2) is 11.6 Å². The van der Waals surface area contributed by atoms with E-state index in [1.165, 1.54) is 12.1 Å². The Labute approximate surface area is 164 Å². The van der Waals surface area contributed by atoms with Crippen molar-refractivity contribution in [1.29, 1.82) is 0 Å². The first kappa shape index (κ1) is 18.2. The maximum atomic E-state index is 14.5. The summed E-state index contributed by atoms with van der Waals surface area (Å²) in [6.07, 6.45) is 0.375. The van der Waals surface area contributed by atoms with E-state index >= 15 is 0 Å². The molecule has 7 heteroatoms. The van der Waals surface area contributed by atoms with Crippen molar-refractivity contribution in [2.24, 2.45) is 0 Å². The zero-order valence-corrected chi connectivity index (χ0v) is 15.8. The number of halogens is 1. The van der Waals surface area contributed by atoms with Gasteiger partial charge < -0.3 is 14.8 Å². The number of aromatic nitrogens is 2. The smallest absolute Gasteiger partial charge is 0.354 e. The van der Waals surface area contributed by atoms with Gasteiger partial charge in [-0.1, -0.05) is 6.07 Å². The summed E-state index contributed by atoms with van der Waals surface area (Å²) < 4.78 is 19.9. The molecular weight excluding hydrogens is 379 g/mol. The molecule has 28 heavy (non-hydrogen) atoms. The molecule has 0 aliphatic rings. The summed E-state index contributed by atoms with van der Waals surface area (Å²) in [6.45, 7) is 2.18. The molecule has 2 N–H and O–H groups in total. The normalized spacial score (nSPS) is 11.1. The van der Waals surface area contributed by atoms with E-state index in [2.05, 4.69) is 9.97 Å². The van der Waals surface area contributed by atoms with Crippen molar-refractivity contribution < 1.29 is 19.0 Å². The monoisotopic (exact) mass is 396 g/mol. The molecule has 5 nitrogen and oxygen atoms in total. The lowest BCUT2D eigenvalue weighted by Gasteiger charge is -2.06. The van der Waals surface area contributed by atoms with Gasteiger partial charge >= 0.3 is 5.97 Å². The molecule has 3 heterocycles. The predicted molar refractivity (Wildman–Crippen MR) is 107 cm³/mol. The van der Waals surface area contributed by atoms with Gasteiger partial charge in [-0.25, -0.2) is 14.2 Å². The second-order valence-electron chi connectivity index (χ2n) is 6.25. The van der Waals surface area contributed by atoms with Gasteiger partial charge in [0.25, 0.3) is 0 Å². The third-order valence-corrected chi connectivity index (χ3v) is 5.14. The zero-order chi connectivity index (χ0) is 19.7. The lowest BCUT2D eigenvalue weighted by atomic mass is 10.0. The fraction of sp³-hybridized carbons (Fsp3) is 0.143. The summed E-state index contributed by atoms with van der Waals surface area (Å²) in [7, 11) is 0. The van der Waals surface area contributed by atoms with E-state index in [-0.39, 0.29) is 11.4 Å². The molecule has 0 bridgehead atoms. The van der Waals surface area contributed by atoms with E-state index in [0.717, 1.165) is 27.7 Å². The standard InChI is InChI=1S/C21H17FN2O3S/c1-2-27-19-10-18-14(9-16(19)22)15(20(24-18)12-6-7-28-11-12)8-13-4-3-5-17(23-13)21(25)26/h3-7,9-11,24H,2,8H2,1H3,(H,25,26). The van der Waals surface area contributed by atoms with E-state index in [9.17, 15) is 14.3 Å². The van der Waals surface area contributed by atoms with Crippen molar-refractivity contribution in [2.45, 2.75) is 13.3 Å². The van der Waals surface area contributed by atoms with Gasteiger partial charge in [-0.3, -0.25) is 0 Å². The summed E-state index contributed by atoms with van der Waals surface area (Å²) in [4.78, 5) is 18.8. The van der Waals surface area contributed by atoms with Crippen LogP contribution in [0.2, 0.25) is 0 Å². The Morgan fingerprint density at radius 1 is 1.32 bits per heavy atom. The molecule has 0 unspecified atom stereocenters. The van der Waals surface area contributed by atoms with Gasteiger partial charge in [-0.05, 0) is 42.1 Å². The van der Waals surface area contributed by atoms with E-state index in [4.69, 9.17) is 4.74 Å². The highest BCUT2D eigenvalue weighted by Crippen LogP contribution is 2.35. The molecule has 0 amide bonds. The minimum atomic E-state index is -1.08. The fourth-order valence-electron chi connectivity index (χ4n) is 3.23. The number of nitrogens with one attached hydrogen (secondary N) is 1. The van der Waals surface area contributed by atoms with Crippen molar-refractivity contribution in [3.63, 3.8) is 0 Å². The number of H-pyrrole nitrogens is 1. The van der Waals surface area contributed by atoms with Crippen molar-refractivity contribution in [3.05, 3.63) is 69.9 Å². The first-order valence-corrected chi connectivity index (χ1v) is 9.69. The van der Waals surface area contributed by atoms with Crippen LogP contribution in [0.4, 0.5) is 4.39 Å². The van der Waals surface area contributed by atoms with Crippen molar-refractivity contribution in [1.82, 2.24) is 9.97 Å². The number of hydrogen-bond acceptors (Lipinski definition) is 4. The molecule has 1 aromatic carbocycles. The number of carbonyl (C=O) groups is 1. The van der Waals surface area contributed by atoms with Crippen molar-refractivity contribution in [2.75, 3.05) is 6.61 Å². The van der Waals surface area contributed by atoms with Crippen LogP contribution in [0, 0.1) is 5.82 Å². The number of rotatable bonds is 6. The molecule has 0 radical (unpaired) electrons. The Kier molecular flexibility index (Phi) is 4.83. The highest BCUT2D eigenvalue weighted by atomic mass is 32.1. The minimum Gasteiger partial charge on any atom is -0.491 e. The van der Waals surface area contributed by atoms with Crippen LogP contribution in [0.3, 0.4) is 0 Å². The number of ether oxygens (including phenoxy) is 1. The average molecular weight is 396 g/mol. The van der Waals surface area contributed by atoms with E-state index in [0.29, 0.717) is 18.7 Å². The van der Waals surface area contributed by atoms with Crippen LogP contribution in [0.5, 0.6) is 5.75 Å². The number of hydrogen-bond donors (Lipinski definition) is 2. The summed E-state index contributed by atoms with van der Waals surface area (Å²) in [5.74, 6) is -1.31. The Balaban J connectivity index is 1.87. The quantitative estimate of drug-likeness (QED) is 0.474. The highest BCUT2D eigenvalue weighted by molar-refractivity contribution is 7.08. The van der Waals surface area contributed by atoms with Gasteiger partial charge in [0.2, 0.25) is 0 Å². The Hall–Kier alpha value is -3.19. The SMILES string of the molecule is CCOc1cc2[nH]c(-c3ccsc3)c(Cc3cccc(C(=O)O)n3)c2cc1F. The molecule has 0 fully saturated rings. The summed E-state index contributed by atoms with van der Waals surface area (Å²) in [5.41, 5.74) is 4.07. The Morgan fingerprint density at radius 3 is 2.89 bits per heavy atom. The number of pyridine rings is 1. The molecule has 0 saturated carbocycles. The summed E-state index contributed by atoms with van der Waals surface area (Å²) in [6, 6.07) is 10.00. The predicted octanol–water partition coefficient (Wildman–Crippen LogP) is 5.12. The topological polar surface area (TPSA) is 75.2 Å². The second-order valence-corrected chi connectivity index (χ2v) is 7.03. The van der Waals surface area contributed by atoms with Crippen molar-refractivity contribution in [3.8, 4) is 17.0 Å². The molecular formula is C21H17FN2O3S. The number of fused-ring (bicyclic) bond motifs is 1. The lowest BCUT2D eigenvalue weighted by molar-refractivity contribution is 0.0690. The summed E-state index contributed by atoms with van der Waals surface area (Å²) >= 11 is 1.57. The molecule has 0 atom stereocenters. The van der Waals surface area contributed by atoms with Gasteiger partial charge in [-0.2, -0.15) is 11.3 Å². The summed E-state index contributed by atoms with van der Waals surface area (Å²) in [5, 5.41) is 13.9. The minimum absolute atomic E-state index is 0.0146. The number of carboxylic acids is 1. The molecule has 0 aliphatic carbocycles. The first-order valence-electron chi connectivity index (χ1n) is 8.75. The number of aromatic carboxylic acids is 1. The fourth-order valence-corrected chi connectivity index (χ4v) is 3.88. The van der Waals surface area contributed by atoms with Gasteiger partial charge in [0, 0.05) is 34.5 Å². The number of nitrogens with zero attached hydrogens (tertiary/aromatic N) is 1. The van der Waals surface area contributed by atoms with Gasteiger partial charge in [-0.15, -0.1) is 0 Å². The first-order chi connectivity index (χ1) is 13.6. The number of thiophene rings is 1. The Morgan fingerprint density at radius 2 is 2.18 bits per heavy atom. The third-order valence-electron chi connectivity index (χ3n) is 4.45.